The van der Waals surface area contributed by atoms with Gasteiger partial charge in [0, 0.05) is 35.8 Å². The van der Waals surface area contributed by atoms with Crippen molar-refractivity contribution in [2.75, 3.05) is 6.61 Å². The molecular weight excluding hydrogens is 381 g/mol. The second kappa shape index (κ2) is 10.6. The molecule has 0 saturated carbocycles. The number of nitrogens with one attached hydrogen (secondary N) is 1. The number of rotatable bonds is 9. The first kappa shape index (κ1) is 24.0. The summed E-state index contributed by atoms with van der Waals surface area (Å²) in [6.45, 7) is 12.2. The summed E-state index contributed by atoms with van der Waals surface area (Å²) in [4.78, 5) is 19.3. The van der Waals surface area contributed by atoms with Crippen molar-refractivity contribution in [1.29, 1.82) is 0 Å². The van der Waals surface area contributed by atoms with Crippen LogP contribution in [0, 0.1) is 11.7 Å². The SMILES string of the molecule is CC(C)[C@H](CO)NCc1nc(-c2cccc(C(=O)N(C(C)C)C(C)C)c2)ccc1F. The third kappa shape index (κ3) is 5.86. The van der Waals surface area contributed by atoms with E-state index in [0.717, 1.165) is 5.56 Å². The van der Waals surface area contributed by atoms with Crippen molar-refractivity contribution < 1.29 is 14.3 Å². The summed E-state index contributed by atoms with van der Waals surface area (Å²) >= 11 is 0. The zero-order valence-corrected chi connectivity index (χ0v) is 18.8. The lowest BCUT2D eigenvalue weighted by molar-refractivity contribution is 0.0644. The molecule has 0 spiro atoms. The second-order valence-electron chi connectivity index (χ2n) is 8.52. The van der Waals surface area contributed by atoms with Crippen LogP contribution in [0.25, 0.3) is 11.3 Å². The van der Waals surface area contributed by atoms with Gasteiger partial charge in [-0.1, -0.05) is 26.0 Å². The van der Waals surface area contributed by atoms with E-state index in [2.05, 4.69) is 10.3 Å². The first-order chi connectivity index (χ1) is 14.1. The standard InChI is InChI=1S/C24H34FN3O2/c1-15(2)23(14-29)26-13-22-20(25)10-11-21(27-22)18-8-7-9-19(12-18)24(30)28(16(3)4)17(5)6/h7-12,15-17,23,26,29H,13-14H2,1-6H3/t23-/m0/s1. The van der Waals surface area contributed by atoms with Crippen LogP contribution in [-0.2, 0) is 6.54 Å². The number of aliphatic hydroxyl groups is 1. The van der Waals surface area contributed by atoms with Gasteiger partial charge in [-0.15, -0.1) is 0 Å². The van der Waals surface area contributed by atoms with Crippen molar-refractivity contribution in [1.82, 2.24) is 15.2 Å². The van der Waals surface area contributed by atoms with Gasteiger partial charge in [0.25, 0.3) is 5.91 Å². The van der Waals surface area contributed by atoms with Crippen LogP contribution in [0.3, 0.4) is 0 Å². The average molecular weight is 416 g/mol. The molecule has 0 aliphatic carbocycles. The van der Waals surface area contributed by atoms with Crippen LogP contribution < -0.4 is 5.32 Å². The highest BCUT2D eigenvalue weighted by atomic mass is 19.1. The van der Waals surface area contributed by atoms with E-state index in [-0.39, 0.29) is 48.8 Å². The topological polar surface area (TPSA) is 65.5 Å². The number of carbonyl (C=O) groups excluding carboxylic acids is 1. The lowest BCUT2D eigenvalue weighted by Gasteiger charge is -2.31. The predicted molar refractivity (Wildman–Crippen MR) is 119 cm³/mol. The number of nitrogens with zero attached hydrogens (tertiary/aromatic N) is 2. The Morgan fingerprint density at radius 3 is 2.33 bits per heavy atom. The molecule has 0 unspecified atom stereocenters. The third-order valence-corrected chi connectivity index (χ3v) is 5.20. The maximum Gasteiger partial charge on any atom is 0.254 e. The molecule has 0 aliphatic rings. The molecule has 1 amide bonds. The van der Waals surface area contributed by atoms with Gasteiger partial charge in [0.05, 0.1) is 18.0 Å². The molecule has 1 heterocycles. The molecule has 6 heteroatoms. The van der Waals surface area contributed by atoms with Gasteiger partial charge in [0.1, 0.15) is 5.82 Å². The largest absolute Gasteiger partial charge is 0.395 e. The predicted octanol–water partition coefficient (Wildman–Crippen LogP) is 4.25. The Labute approximate surface area is 179 Å². The van der Waals surface area contributed by atoms with Gasteiger partial charge in [-0.3, -0.25) is 4.79 Å². The minimum Gasteiger partial charge on any atom is -0.395 e. The molecule has 2 N–H and O–H groups in total. The summed E-state index contributed by atoms with van der Waals surface area (Å²) in [7, 11) is 0. The van der Waals surface area contributed by atoms with E-state index in [4.69, 9.17) is 0 Å². The van der Waals surface area contributed by atoms with Crippen molar-refractivity contribution in [3.05, 3.63) is 53.5 Å². The number of amides is 1. The van der Waals surface area contributed by atoms with Crippen molar-refractivity contribution in [3.63, 3.8) is 0 Å². The summed E-state index contributed by atoms with van der Waals surface area (Å²) in [5.74, 6) is -0.216. The van der Waals surface area contributed by atoms with Gasteiger partial charge in [0.2, 0.25) is 0 Å². The second-order valence-corrected chi connectivity index (χ2v) is 8.52. The lowest BCUT2D eigenvalue weighted by Crippen LogP contribution is -2.42. The van der Waals surface area contributed by atoms with Crippen molar-refractivity contribution in [2.24, 2.45) is 5.92 Å². The molecule has 2 aromatic rings. The fraction of sp³-hybridized carbons (Fsp3) is 0.500. The number of pyridine rings is 1. The van der Waals surface area contributed by atoms with Gasteiger partial charge in [-0.05, 0) is 57.9 Å². The Hall–Kier alpha value is -2.31. The molecule has 0 bridgehead atoms. The molecule has 1 aromatic heterocycles. The highest BCUT2D eigenvalue weighted by molar-refractivity contribution is 5.95. The summed E-state index contributed by atoms with van der Waals surface area (Å²) in [6.07, 6.45) is 0. The third-order valence-electron chi connectivity index (χ3n) is 5.20. The molecule has 0 fully saturated rings. The highest BCUT2D eigenvalue weighted by Gasteiger charge is 2.22. The number of halogens is 1. The summed E-state index contributed by atoms with van der Waals surface area (Å²) in [5, 5.41) is 12.6. The number of benzene rings is 1. The fourth-order valence-corrected chi connectivity index (χ4v) is 3.53. The van der Waals surface area contributed by atoms with Crippen LogP contribution >= 0.6 is 0 Å². The first-order valence-corrected chi connectivity index (χ1v) is 10.6. The van der Waals surface area contributed by atoms with E-state index in [9.17, 15) is 14.3 Å². The molecule has 0 radical (unpaired) electrons. The minimum atomic E-state index is -0.398. The zero-order valence-electron chi connectivity index (χ0n) is 18.8. The van der Waals surface area contributed by atoms with Gasteiger partial charge < -0.3 is 15.3 Å². The quantitative estimate of drug-likeness (QED) is 0.642. The molecule has 1 atom stereocenters. The summed E-state index contributed by atoms with van der Waals surface area (Å²) in [5.41, 5.74) is 2.24. The molecule has 0 saturated heterocycles. The van der Waals surface area contributed by atoms with Crippen molar-refractivity contribution >= 4 is 5.91 Å². The first-order valence-electron chi connectivity index (χ1n) is 10.6. The van der Waals surface area contributed by atoms with Gasteiger partial charge in [-0.25, -0.2) is 9.37 Å². The minimum absolute atomic E-state index is 0.0225. The highest BCUT2D eigenvalue weighted by Crippen LogP contribution is 2.22. The van der Waals surface area contributed by atoms with E-state index >= 15 is 0 Å². The van der Waals surface area contributed by atoms with Crippen LogP contribution in [0.5, 0.6) is 0 Å². The molecule has 1 aromatic carbocycles. The number of aromatic nitrogens is 1. The van der Waals surface area contributed by atoms with Crippen molar-refractivity contribution in [2.45, 2.75) is 66.2 Å². The maximum absolute atomic E-state index is 14.3. The molecular formula is C24H34FN3O2. The van der Waals surface area contributed by atoms with Crippen molar-refractivity contribution in [3.8, 4) is 11.3 Å². The summed E-state index contributed by atoms with van der Waals surface area (Å²) in [6, 6.07) is 10.4. The summed E-state index contributed by atoms with van der Waals surface area (Å²) < 4.78 is 14.3. The molecule has 164 valence electrons. The van der Waals surface area contributed by atoms with E-state index in [1.807, 2.05) is 64.6 Å². The van der Waals surface area contributed by atoms with Gasteiger partial charge in [-0.2, -0.15) is 0 Å². The molecule has 0 aliphatic heterocycles. The van der Waals surface area contributed by atoms with Gasteiger partial charge >= 0.3 is 0 Å². The number of carbonyl (C=O) groups is 1. The average Bonchev–Trinajstić information content (AvgIpc) is 2.69. The normalized spacial score (nSPS) is 12.6. The van der Waals surface area contributed by atoms with E-state index in [1.54, 1.807) is 12.1 Å². The molecule has 2 rings (SSSR count). The van der Waals surface area contributed by atoms with Crippen LogP contribution in [0.2, 0.25) is 0 Å². The number of hydrogen-bond acceptors (Lipinski definition) is 4. The Morgan fingerprint density at radius 2 is 1.77 bits per heavy atom. The van der Waals surface area contributed by atoms with E-state index in [1.165, 1.54) is 6.07 Å². The zero-order chi connectivity index (χ0) is 22.4. The monoisotopic (exact) mass is 415 g/mol. The number of aliphatic hydroxyl groups excluding tert-OH is 1. The number of hydrogen-bond donors (Lipinski definition) is 2. The van der Waals surface area contributed by atoms with Crippen LogP contribution in [0.1, 0.15) is 57.6 Å². The van der Waals surface area contributed by atoms with Crippen LogP contribution in [0.4, 0.5) is 4.39 Å². The smallest absolute Gasteiger partial charge is 0.254 e. The van der Waals surface area contributed by atoms with Gasteiger partial charge in [0.15, 0.2) is 0 Å². The Bertz CT molecular complexity index is 844. The van der Waals surface area contributed by atoms with E-state index in [0.29, 0.717) is 11.3 Å². The molecule has 30 heavy (non-hydrogen) atoms. The maximum atomic E-state index is 14.3. The van der Waals surface area contributed by atoms with Crippen LogP contribution in [0.15, 0.2) is 36.4 Å². The Kier molecular flexibility index (Phi) is 8.50. The Balaban J connectivity index is 2.30. The lowest BCUT2D eigenvalue weighted by atomic mass is 10.0. The van der Waals surface area contributed by atoms with E-state index < -0.39 is 5.82 Å². The Morgan fingerprint density at radius 1 is 1.10 bits per heavy atom. The fourth-order valence-electron chi connectivity index (χ4n) is 3.53. The van der Waals surface area contributed by atoms with Crippen LogP contribution in [-0.4, -0.2) is 45.6 Å². The molecule has 5 nitrogen and oxygen atoms in total.